The lowest BCUT2D eigenvalue weighted by atomic mass is 9.82. The van der Waals surface area contributed by atoms with E-state index < -0.39 is 0 Å². The standard InChI is InChI=1S/C21H26N4O2S2/c1-14-19(29-13-22-14)9-25-7-16-6-24(10-21(16,11-25)12-26)8-17-15(2)27-20(23-17)18-4-3-5-28-18/h3-5,13,16,26H,6-12H2,1-2H3. The number of nitrogens with zero attached hydrogens (tertiary/aromatic N) is 4. The zero-order valence-electron chi connectivity index (χ0n) is 16.8. The first-order valence-corrected chi connectivity index (χ1v) is 11.8. The normalized spacial score (nSPS) is 25.1. The Labute approximate surface area is 178 Å². The average molecular weight is 431 g/mol. The van der Waals surface area contributed by atoms with E-state index in [1.54, 1.807) is 22.7 Å². The van der Waals surface area contributed by atoms with E-state index in [4.69, 9.17) is 9.40 Å². The van der Waals surface area contributed by atoms with Gasteiger partial charge in [0.25, 0.3) is 0 Å². The fourth-order valence-electron chi connectivity index (χ4n) is 4.84. The second-order valence-corrected chi connectivity index (χ2v) is 10.3. The van der Waals surface area contributed by atoms with Crippen LogP contribution in [0.25, 0.3) is 10.8 Å². The zero-order valence-corrected chi connectivity index (χ0v) is 18.4. The van der Waals surface area contributed by atoms with Crippen molar-refractivity contribution < 1.29 is 9.52 Å². The molecule has 2 unspecified atom stereocenters. The fraction of sp³-hybridized carbons (Fsp3) is 0.524. The van der Waals surface area contributed by atoms with E-state index in [-0.39, 0.29) is 12.0 Å². The number of fused-ring (bicyclic) bond motifs is 1. The Kier molecular flexibility index (Phi) is 5.08. The van der Waals surface area contributed by atoms with Crippen LogP contribution in [0, 0.1) is 25.2 Å². The third kappa shape index (κ3) is 3.57. The van der Waals surface area contributed by atoms with Gasteiger partial charge in [0, 0.05) is 49.6 Å². The van der Waals surface area contributed by atoms with Crippen molar-refractivity contribution in [2.45, 2.75) is 26.9 Å². The number of aliphatic hydroxyl groups excluding tert-OH is 1. The maximum atomic E-state index is 10.3. The molecule has 2 saturated heterocycles. The van der Waals surface area contributed by atoms with Gasteiger partial charge in [-0.2, -0.15) is 0 Å². The van der Waals surface area contributed by atoms with E-state index in [0.29, 0.717) is 5.92 Å². The third-order valence-corrected chi connectivity index (χ3v) is 8.20. The summed E-state index contributed by atoms with van der Waals surface area (Å²) in [4.78, 5) is 16.5. The molecule has 2 aliphatic rings. The highest BCUT2D eigenvalue weighted by molar-refractivity contribution is 7.13. The summed E-state index contributed by atoms with van der Waals surface area (Å²) >= 11 is 3.38. The van der Waals surface area contributed by atoms with E-state index in [1.165, 1.54) is 4.88 Å². The summed E-state index contributed by atoms with van der Waals surface area (Å²) in [6.07, 6.45) is 0. The Balaban J connectivity index is 1.26. The van der Waals surface area contributed by atoms with Crippen LogP contribution in [0.2, 0.25) is 0 Å². The number of oxazole rings is 1. The lowest BCUT2D eigenvalue weighted by Crippen LogP contribution is -2.37. The van der Waals surface area contributed by atoms with Crippen LogP contribution in [0.3, 0.4) is 0 Å². The van der Waals surface area contributed by atoms with Crippen molar-refractivity contribution in [3.8, 4) is 10.8 Å². The number of thiophene rings is 1. The molecule has 3 aromatic heterocycles. The average Bonchev–Trinajstić information content (AvgIpc) is 3.47. The van der Waals surface area contributed by atoms with E-state index in [2.05, 4.69) is 21.7 Å². The smallest absolute Gasteiger partial charge is 0.236 e. The summed E-state index contributed by atoms with van der Waals surface area (Å²) in [5.41, 5.74) is 4.04. The molecule has 8 heteroatoms. The third-order valence-electron chi connectivity index (χ3n) is 6.43. The first-order valence-electron chi connectivity index (χ1n) is 10.0. The SMILES string of the molecule is Cc1ncsc1CN1CC2CN(Cc3nc(-c4cccs4)oc3C)CC2(CO)C1. The Morgan fingerprint density at radius 2 is 2.00 bits per heavy atom. The van der Waals surface area contributed by atoms with Gasteiger partial charge in [0.05, 0.1) is 28.4 Å². The second kappa shape index (κ2) is 7.59. The molecule has 0 bridgehead atoms. The molecule has 154 valence electrons. The van der Waals surface area contributed by atoms with Crippen LogP contribution in [0.15, 0.2) is 27.4 Å². The van der Waals surface area contributed by atoms with E-state index in [0.717, 1.165) is 67.2 Å². The predicted molar refractivity (Wildman–Crippen MR) is 115 cm³/mol. The highest BCUT2D eigenvalue weighted by atomic mass is 32.1. The number of aryl methyl sites for hydroxylation is 2. The van der Waals surface area contributed by atoms with Crippen molar-refractivity contribution in [2.24, 2.45) is 11.3 Å². The molecule has 0 aliphatic carbocycles. The number of thiazole rings is 1. The summed E-state index contributed by atoms with van der Waals surface area (Å²) < 4.78 is 5.91. The minimum absolute atomic E-state index is 0.0349. The molecule has 0 aromatic carbocycles. The van der Waals surface area contributed by atoms with Gasteiger partial charge in [0.2, 0.25) is 5.89 Å². The Morgan fingerprint density at radius 1 is 1.21 bits per heavy atom. The van der Waals surface area contributed by atoms with Crippen LogP contribution in [0.4, 0.5) is 0 Å². The molecule has 3 aromatic rings. The predicted octanol–water partition coefficient (Wildman–Crippen LogP) is 3.40. The summed E-state index contributed by atoms with van der Waals surface area (Å²) in [6, 6.07) is 4.06. The molecule has 2 atom stereocenters. The largest absolute Gasteiger partial charge is 0.440 e. The van der Waals surface area contributed by atoms with Crippen molar-refractivity contribution in [3.05, 3.63) is 45.0 Å². The van der Waals surface area contributed by atoms with Gasteiger partial charge in [0.15, 0.2) is 0 Å². The maximum absolute atomic E-state index is 10.3. The van der Waals surface area contributed by atoms with Crippen molar-refractivity contribution in [2.75, 3.05) is 32.8 Å². The number of aromatic nitrogens is 2. The van der Waals surface area contributed by atoms with Crippen LogP contribution >= 0.6 is 22.7 Å². The highest BCUT2D eigenvalue weighted by Gasteiger charge is 2.52. The second-order valence-electron chi connectivity index (χ2n) is 8.42. The molecule has 5 rings (SSSR count). The van der Waals surface area contributed by atoms with Gasteiger partial charge in [-0.15, -0.1) is 22.7 Å². The lowest BCUT2D eigenvalue weighted by Gasteiger charge is -2.27. The minimum atomic E-state index is -0.0349. The number of rotatable bonds is 6. The van der Waals surface area contributed by atoms with Crippen molar-refractivity contribution in [1.29, 1.82) is 0 Å². The molecule has 0 saturated carbocycles. The maximum Gasteiger partial charge on any atom is 0.236 e. The molecule has 0 radical (unpaired) electrons. The molecule has 29 heavy (non-hydrogen) atoms. The molecule has 2 aliphatic heterocycles. The van der Waals surface area contributed by atoms with Crippen LogP contribution < -0.4 is 0 Å². The fourth-order valence-corrected chi connectivity index (χ4v) is 6.31. The summed E-state index contributed by atoms with van der Waals surface area (Å²) in [6.45, 7) is 9.94. The van der Waals surface area contributed by atoms with Gasteiger partial charge in [0.1, 0.15) is 5.76 Å². The number of aliphatic hydroxyl groups is 1. The first kappa shape index (κ1) is 19.4. The summed E-state index contributed by atoms with van der Waals surface area (Å²) in [7, 11) is 0. The molecule has 6 nitrogen and oxygen atoms in total. The minimum Gasteiger partial charge on any atom is -0.440 e. The molecule has 1 N–H and O–H groups in total. The molecule has 0 spiro atoms. The van der Waals surface area contributed by atoms with Gasteiger partial charge in [-0.25, -0.2) is 9.97 Å². The van der Waals surface area contributed by atoms with E-state index in [1.807, 2.05) is 29.9 Å². The number of hydrogen-bond donors (Lipinski definition) is 1. The Hall–Kier alpha value is -1.58. The van der Waals surface area contributed by atoms with Gasteiger partial charge >= 0.3 is 0 Å². The highest BCUT2D eigenvalue weighted by Crippen LogP contribution is 2.43. The van der Waals surface area contributed by atoms with E-state index >= 15 is 0 Å². The molecular formula is C21H26N4O2S2. The van der Waals surface area contributed by atoms with Gasteiger partial charge in [-0.05, 0) is 31.2 Å². The zero-order chi connectivity index (χ0) is 20.0. The quantitative estimate of drug-likeness (QED) is 0.647. The van der Waals surface area contributed by atoms with Crippen LogP contribution in [-0.4, -0.2) is 57.7 Å². The monoisotopic (exact) mass is 430 g/mol. The van der Waals surface area contributed by atoms with Crippen LogP contribution in [0.1, 0.15) is 22.0 Å². The van der Waals surface area contributed by atoms with Gasteiger partial charge in [-0.3, -0.25) is 9.80 Å². The van der Waals surface area contributed by atoms with E-state index in [9.17, 15) is 5.11 Å². The lowest BCUT2D eigenvalue weighted by molar-refractivity contribution is 0.110. The van der Waals surface area contributed by atoms with Crippen molar-refractivity contribution >= 4 is 22.7 Å². The molecular weight excluding hydrogens is 404 g/mol. The summed E-state index contributed by atoms with van der Waals surface area (Å²) in [5, 5.41) is 12.3. The van der Waals surface area contributed by atoms with Crippen molar-refractivity contribution in [1.82, 2.24) is 19.8 Å². The number of hydrogen-bond acceptors (Lipinski definition) is 8. The number of likely N-dealkylation sites (tertiary alicyclic amines) is 2. The Bertz CT molecular complexity index is 983. The summed E-state index contributed by atoms with van der Waals surface area (Å²) in [5.74, 6) is 2.10. The Morgan fingerprint density at radius 3 is 2.62 bits per heavy atom. The molecule has 5 heterocycles. The van der Waals surface area contributed by atoms with Crippen LogP contribution in [-0.2, 0) is 13.1 Å². The van der Waals surface area contributed by atoms with Gasteiger partial charge < -0.3 is 9.52 Å². The topological polar surface area (TPSA) is 65.6 Å². The van der Waals surface area contributed by atoms with Crippen LogP contribution in [0.5, 0.6) is 0 Å². The van der Waals surface area contributed by atoms with Crippen molar-refractivity contribution in [3.63, 3.8) is 0 Å². The van der Waals surface area contributed by atoms with Gasteiger partial charge in [-0.1, -0.05) is 6.07 Å². The first-order chi connectivity index (χ1) is 14.1. The molecule has 0 amide bonds. The molecule has 2 fully saturated rings.